The van der Waals surface area contributed by atoms with Crippen molar-refractivity contribution in [3.05, 3.63) is 10.1 Å². The van der Waals surface area contributed by atoms with Crippen LogP contribution in [0.5, 0.6) is 0 Å². The van der Waals surface area contributed by atoms with Crippen molar-refractivity contribution >= 4 is 11.9 Å². The molecule has 0 unspecified atom stereocenters. The minimum absolute atomic E-state index is 0.0632. The van der Waals surface area contributed by atoms with E-state index in [0.29, 0.717) is 5.96 Å². The zero-order valence-corrected chi connectivity index (χ0v) is 11.0. The van der Waals surface area contributed by atoms with E-state index in [1.807, 2.05) is 18.7 Å². The number of hydrogen-bond acceptors (Lipinski definition) is 4. The maximum atomic E-state index is 8.36. The smallest absolute Gasteiger partial charge is 0.291 e. The topological polar surface area (TPSA) is 141 Å². The van der Waals surface area contributed by atoms with Crippen molar-refractivity contribution in [3.63, 3.8) is 0 Å². The molecule has 0 aromatic carbocycles. The summed E-state index contributed by atoms with van der Waals surface area (Å²) in [4.78, 5) is 14.7. The van der Waals surface area contributed by atoms with Gasteiger partial charge >= 0.3 is 0 Å². The number of guanidine groups is 2. The molecule has 0 aromatic heterocycles. The van der Waals surface area contributed by atoms with Crippen LogP contribution in [0.3, 0.4) is 0 Å². The van der Waals surface area contributed by atoms with E-state index in [2.05, 4.69) is 17.2 Å². The largest absolute Gasteiger partial charge is 0.370 e. The lowest BCUT2D eigenvalue weighted by Gasteiger charge is -2.23. The van der Waals surface area contributed by atoms with Gasteiger partial charge in [0.25, 0.3) is 5.09 Å². The zero-order valence-electron chi connectivity index (χ0n) is 11.0. The highest BCUT2D eigenvalue weighted by molar-refractivity contribution is 5.96. The van der Waals surface area contributed by atoms with Crippen LogP contribution in [0.15, 0.2) is 4.99 Å². The van der Waals surface area contributed by atoms with Gasteiger partial charge in [-0.25, -0.2) is 0 Å². The van der Waals surface area contributed by atoms with Crippen molar-refractivity contribution in [2.45, 2.75) is 27.2 Å². The van der Waals surface area contributed by atoms with Crippen LogP contribution in [0.4, 0.5) is 0 Å². The molecular weight excluding hydrogens is 240 g/mol. The second kappa shape index (κ2) is 11.4. The molecule has 0 bridgehead atoms. The molecule has 18 heavy (non-hydrogen) atoms. The lowest BCUT2D eigenvalue weighted by molar-refractivity contribution is -0.742. The summed E-state index contributed by atoms with van der Waals surface area (Å²) in [6.45, 7) is 8.64. The predicted octanol–water partition coefficient (Wildman–Crippen LogP) is 0.230. The van der Waals surface area contributed by atoms with Gasteiger partial charge < -0.3 is 15.8 Å². The van der Waals surface area contributed by atoms with Gasteiger partial charge in [-0.15, -0.1) is 10.1 Å². The normalized spacial score (nSPS) is 10.1. The molecule has 0 aliphatic heterocycles. The van der Waals surface area contributed by atoms with Crippen LogP contribution in [0.25, 0.3) is 0 Å². The number of nitrogens with zero attached hydrogens (tertiary/aromatic N) is 3. The fraction of sp³-hybridized carbons (Fsp3) is 0.778. The molecule has 5 N–H and O–H groups in total. The Morgan fingerprint density at radius 1 is 1.50 bits per heavy atom. The summed E-state index contributed by atoms with van der Waals surface area (Å²) in [7, 11) is 0. The maximum absolute atomic E-state index is 8.36. The van der Waals surface area contributed by atoms with Gasteiger partial charge in [0.2, 0.25) is 5.96 Å². The van der Waals surface area contributed by atoms with E-state index in [1.54, 1.807) is 0 Å². The molecule has 0 heterocycles. The monoisotopic (exact) mass is 262 g/mol. The molecule has 0 radical (unpaired) electrons. The quantitative estimate of drug-likeness (QED) is 0.247. The van der Waals surface area contributed by atoms with Crippen LogP contribution >= 0.6 is 0 Å². The molecule has 0 spiro atoms. The van der Waals surface area contributed by atoms with E-state index in [9.17, 15) is 0 Å². The summed E-state index contributed by atoms with van der Waals surface area (Å²) in [5, 5.41) is 23.6. The van der Waals surface area contributed by atoms with E-state index in [1.165, 1.54) is 0 Å². The van der Waals surface area contributed by atoms with Gasteiger partial charge in [0.15, 0.2) is 5.96 Å². The molecule has 0 saturated heterocycles. The summed E-state index contributed by atoms with van der Waals surface area (Å²) < 4.78 is 0. The molecule has 0 saturated carbocycles. The highest BCUT2D eigenvalue weighted by atomic mass is 16.9. The summed E-state index contributed by atoms with van der Waals surface area (Å²) >= 11 is 0. The Morgan fingerprint density at radius 2 is 1.94 bits per heavy atom. The van der Waals surface area contributed by atoms with E-state index in [0.717, 1.165) is 26.1 Å². The summed E-state index contributed by atoms with van der Waals surface area (Å²) in [5.74, 6) is 0.635. The van der Waals surface area contributed by atoms with Gasteiger partial charge in [-0.05, 0) is 20.3 Å². The van der Waals surface area contributed by atoms with E-state index in [4.69, 9.17) is 26.5 Å². The third-order valence-electron chi connectivity index (χ3n) is 1.79. The average Bonchev–Trinajstić information content (AvgIpc) is 2.25. The van der Waals surface area contributed by atoms with Crippen LogP contribution in [-0.2, 0) is 0 Å². The Bertz CT molecular complexity index is 273. The number of nitrogens with two attached hydrogens (primary N) is 1. The minimum atomic E-state index is -1.50. The maximum Gasteiger partial charge on any atom is 0.291 e. The molecule has 0 aliphatic rings. The Morgan fingerprint density at radius 3 is 2.22 bits per heavy atom. The summed E-state index contributed by atoms with van der Waals surface area (Å²) in [5.41, 5.74) is 5.28. The fourth-order valence-corrected chi connectivity index (χ4v) is 1.08. The van der Waals surface area contributed by atoms with Gasteiger partial charge in [-0.2, -0.15) is 0 Å². The Labute approximate surface area is 106 Å². The Balaban J connectivity index is 0. The molecule has 0 amide bonds. The first-order valence-corrected chi connectivity index (χ1v) is 5.62. The van der Waals surface area contributed by atoms with E-state index < -0.39 is 5.09 Å². The highest BCUT2D eigenvalue weighted by Gasteiger charge is 2.06. The SMILES string of the molecule is CCC/N=C(\NC(=N)N)N(CC)CC.O=[N+]([O-])O. The van der Waals surface area contributed by atoms with Gasteiger partial charge in [0.1, 0.15) is 0 Å². The van der Waals surface area contributed by atoms with Crippen molar-refractivity contribution in [2.75, 3.05) is 19.6 Å². The molecular formula is C9H22N6O3. The van der Waals surface area contributed by atoms with Crippen molar-refractivity contribution in [2.24, 2.45) is 10.7 Å². The highest BCUT2D eigenvalue weighted by Crippen LogP contribution is 1.90. The summed E-state index contributed by atoms with van der Waals surface area (Å²) in [6.07, 6.45) is 0.990. The van der Waals surface area contributed by atoms with E-state index >= 15 is 0 Å². The molecule has 106 valence electrons. The van der Waals surface area contributed by atoms with Gasteiger partial charge in [-0.3, -0.25) is 15.7 Å². The third-order valence-corrected chi connectivity index (χ3v) is 1.79. The Hall–Kier alpha value is -2.06. The Kier molecular flexibility index (Phi) is 11.6. The minimum Gasteiger partial charge on any atom is -0.370 e. The molecule has 0 aliphatic carbocycles. The van der Waals surface area contributed by atoms with Crippen molar-refractivity contribution < 1.29 is 10.3 Å². The molecule has 0 atom stereocenters. The first-order chi connectivity index (χ1) is 8.38. The first kappa shape index (κ1) is 18.3. The predicted molar refractivity (Wildman–Crippen MR) is 69.3 cm³/mol. The average molecular weight is 262 g/mol. The van der Waals surface area contributed by atoms with Gasteiger partial charge in [0, 0.05) is 19.6 Å². The number of hydrogen-bond donors (Lipinski definition) is 4. The van der Waals surface area contributed by atoms with Gasteiger partial charge in [0.05, 0.1) is 0 Å². The van der Waals surface area contributed by atoms with Crippen molar-refractivity contribution in [3.8, 4) is 0 Å². The van der Waals surface area contributed by atoms with Crippen LogP contribution in [0.1, 0.15) is 27.2 Å². The molecule has 9 nitrogen and oxygen atoms in total. The van der Waals surface area contributed by atoms with Crippen molar-refractivity contribution in [1.82, 2.24) is 10.2 Å². The molecule has 0 aromatic rings. The third kappa shape index (κ3) is 12.0. The molecule has 0 rings (SSSR count). The van der Waals surface area contributed by atoms with Gasteiger partial charge in [-0.1, -0.05) is 6.92 Å². The standard InChI is InChI=1S/C9H21N5.HNO3/c1-4-7-12-9(13-8(10)11)14(5-2)6-3;2-1(3)4/h4-7H2,1-3H3,(H4,10,11,12,13);(H,2,3,4). The number of aliphatic imine (C=N–C) groups is 1. The first-order valence-electron chi connectivity index (χ1n) is 5.62. The lowest BCUT2D eigenvalue weighted by Crippen LogP contribution is -2.46. The second-order valence-corrected chi connectivity index (χ2v) is 3.15. The second-order valence-electron chi connectivity index (χ2n) is 3.15. The summed E-state index contributed by atoms with van der Waals surface area (Å²) in [6, 6.07) is 0. The number of rotatable bonds is 4. The molecule has 0 fully saturated rings. The fourth-order valence-electron chi connectivity index (χ4n) is 1.08. The van der Waals surface area contributed by atoms with Crippen LogP contribution in [-0.4, -0.2) is 46.7 Å². The van der Waals surface area contributed by atoms with Crippen LogP contribution in [0, 0.1) is 15.5 Å². The lowest BCUT2D eigenvalue weighted by atomic mass is 10.5. The van der Waals surface area contributed by atoms with Crippen molar-refractivity contribution in [1.29, 1.82) is 5.41 Å². The van der Waals surface area contributed by atoms with Crippen LogP contribution in [0.2, 0.25) is 0 Å². The number of nitrogens with one attached hydrogen (secondary N) is 2. The molecule has 9 heteroatoms. The van der Waals surface area contributed by atoms with Crippen LogP contribution < -0.4 is 11.1 Å². The van der Waals surface area contributed by atoms with E-state index in [-0.39, 0.29) is 5.96 Å². The zero-order chi connectivity index (χ0) is 14.6.